The van der Waals surface area contributed by atoms with Gasteiger partial charge < -0.3 is 4.90 Å². The summed E-state index contributed by atoms with van der Waals surface area (Å²) in [6.45, 7) is 0.821. The molecule has 0 unspecified atom stereocenters. The summed E-state index contributed by atoms with van der Waals surface area (Å²) in [6.07, 6.45) is -2.71. The van der Waals surface area contributed by atoms with Crippen LogP contribution in [0.25, 0.3) is 0 Å². The molecule has 1 amide bonds. The summed E-state index contributed by atoms with van der Waals surface area (Å²) in [4.78, 5) is 13.2. The number of carbonyl (C=O) groups is 1. The number of alkyl halides is 4. The second-order valence-corrected chi connectivity index (χ2v) is 5.67. The van der Waals surface area contributed by atoms with E-state index < -0.39 is 11.7 Å². The number of halogens is 4. The molecule has 1 aromatic carbocycles. The van der Waals surface area contributed by atoms with E-state index in [0.717, 1.165) is 25.0 Å². The largest absolute Gasteiger partial charge is 0.416 e. The summed E-state index contributed by atoms with van der Waals surface area (Å²) < 4.78 is 37.8. The number of hydrogen-bond donors (Lipinski definition) is 0. The van der Waals surface area contributed by atoms with Crippen molar-refractivity contribution in [3.8, 4) is 0 Å². The third-order valence-corrected chi connectivity index (χ3v) is 3.94. The molecule has 2 rings (SSSR count). The summed E-state index contributed by atoms with van der Waals surface area (Å²) in [7, 11) is 0. The molecule has 104 valence electrons. The molecule has 0 spiro atoms. The van der Waals surface area contributed by atoms with Gasteiger partial charge in [-0.05, 0) is 30.5 Å². The lowest BCUT2D eigenvalue weighted by Crippen LogP contribution is -2.41. The van der Waals surface area contributed by atoms with Crippen LogP contribution in [0.2, 0.25) is 0 Å². The molecule has 1 heterocycles. The first kappa shape index (κ1) is 14.4. The molecule has 1 saturated heterocycles. The van der Waals surface area contributed by atoms with E-state index in [1.165, 1.54) is 6.07 Å². The molecule has 0 bridgehead atoms. The molecule has 1 aromatic rings. The Labute approximate surface area is 117 Å². The number of carbonyl (C=O) groups excluding carboxylic acids is 1. The Hall–Kier alpha value is -1.04. The summed E-state index contributed by atoms with van der Waals surface area (Å²) in [5.41, 5.74) is -0.172. The molecule has 0 aromatic heterocycles. The van der Waals surface area contributed by atoms with Gasteiger partial charge in [0.25, 0.3) is 0 Å². The monoisotopic (exact) mass is 335 g/mol. The molecule has 19 heavy (non-hydrogen) atoms. The van der Waals surface area contributed by atoms with Crippen LogP contribution in [0.15, 0.2) is 24.3 Å². The first-order chi connectivity index (χ1) is 8.88. The van der Waals surface area contributed by atoms with Crippen LogP contribution in [0.4, 0.5) is 13.2 Å². The Balaban J connectivity index is 2.13. The fourth-order valence-electron chi connectivity index (χ4n) is 2.12. The van der Waals surface area contributed by atoms with E-state index in [1.54, 1.807) is 11.0 Å². The number of nitrogens with zero attached hydrogens (tertiary/aromatic N) is 1. The fraction of sp³-hybridized carbons (Fsp3) is 0.462. The van der Waals surface area contributed by atoms with Crippen LogP contribution in [-0.4, -0.2) is 22.2 Å². The van der Waals surface area contributed by atoms with Gasteiger partial charge in [0, 0.05) is 13.1 Å². The number of likely N-dealkylation sites (tertiary alicyclic amines) is 1. The van der Waals surface area contributed by atoms with Crippen molar-refractivity contribution in [2.45, 2.75) is 30.4 Å². The minimum Gasteiger partial charge on any atom is -0.337 e. The maximum Gasteiger partial charge on any atom is 0.416 e. The Bertz CT molecular complexity index is 475. The van der Waals surface area contributed by atoms with Crippen molar-refractivity contribution in [2.24, 2.45) is 0 Å². The molecule has 2 nitrogen and oxygen atoms in total. The van der Waals surface area contributed by atoms with Gasteiger partial charge in [0.2, 0.25) is 5.91 Å². The standard InChI is InChI=1S/C13H13BrF3NO/c14-11-5-2-6-18(12(11)19)8-9-3-1-4-10(7-9)13(15,16)17/h1,3-4,7,11H,2,5-6,8H2/t11-/m0/s1. The van der Waals surface area contributed by atoms with Crippen LogP contribution in [-0.2, 0) is 17.5 Å². The van der Waals surface area contributed by atoms with Crippen LogP contribution in [0.3, 0.4) is 0 Å². The summed E-state index contributed by atoms with van der Waals surface area (Å²) in [5.74, 6) is -0.0522. The van der Waals surface area contributed by atoms with Gasteiger partial charge in [-0.2, -0.15) is 13.2 Å². The summed E-state index contributed by atoms with van der Waals surface area (Å²) in [5, 5.41) is 0. The number of amides is 1. The molecule has 6 heteroatoms. The van der Waals surface area contributed by atoms with E-state index in [-0.39, 0.29) is 17.3 Å². The molecule has 0 radical (unpaired) electrons. The normalized spacial score (nSPS) is 20.7. The SMILES string of the molecule is O=C1[C@@H](Br)CCCN1Cc1cccc(C(F)(F)F)c1. The Kier molecular flexibility index (Phi) is 4.18. The number of hydrogen-bond acceptors (Lipinski definition) is 1. The van der Waals surface area contributed by atoms with E-state index in [1.807, 2.05) is 0 Å². The third kappa shape index (κ3) is 3.49. The highest BCUT2D eigenvalue weighted by Crippen LogP contribution is 2.30. The molecule has 0 aliphatic carbocycles. The summed E-state index contributed by atoms with van der Waals surface area (Å²) >= 11 is 3.28. The second-order valence-electron chi connectivity index (χ2n) is 4.57. The fourth-order valence-corrected chi connectivity index (χ4v) is 2.73. The molecule has 0 saturated carbocycles. The van der Waals surface area contributed by atoms with Gasteiger partial charge in [-0.1, -0.05) is 28.1 Å². The lowest BCUT2D eigenvalue weighted by molar-refractivity contribution is -0.137. The van der Waals surface area contributed by atoms with E-state index in [4.69, 9.17) is 0 Å². The first-order valence-electron chi connectivity index (χ1n) is 5.97. The van der Waals surface area contributed by atoms with Gasteiger partial charge in [-0.15, -0.1) is 0 Å². The molecule has 1 fully saturated rings. The molecule has 1 atom stereocenters. The van der Waals surface area contributed by atoms with Crippen molar-refractivity contribution >= 4 is 21.8 Å². The Morgan fingerprint density at radius 3 is 2.79 bits per heavy atom. The van der Waals surface area contributed by atoms with E-state index in [2.05, 4.69) is 15.9 Å². The van der Waals surface area contributed by atoms with Crippen molar-refractivity contribution in [1.82, 2.24) is 4.90 Å². The van der Waals surface area contributed by atoms with Crippen molar-refractivity contribution in [3.63, 3.8) is 0 Å². The number of piperidine rings is 1. The molecule has 0 N–H and O–H groups in total. The highest BCUT2D eigenvalue weighted by atomic mass is 79.9. The maximum absolute atomic E-state index is 12.6. The van der Waals surface area contributed by atoms with Crippen LogP contribution in [0, 0.1) is 0 Å². The van der Waals surface area contributed by atoms with Gasteiger partial charge in [0.1, 0.15) is 0 Å². The predicted octanol–water partition coefficient (Wildman–Crippen LogP) is 3.59. The zero-order valence-electron chi connectivity index (χ0n) is 10.1. The second kappa shape index (κ2) is 5.53. The van der Waals surface area contributed by atoms with Gasteiger partial charge >= 0.3 is 6.18 Å². The Morgan fingerprint density at radius 1 is 1.37 bits per heavy atom. The average Bonchev–Trinajstić information content (AvgIpc) is 2.34. The third-order valence-electron chi connectivity index (χ3n) is 3.09. The van der Waals surface area contributed by atoms with Crippen LogP contribution in [0.1, 0.15) is 24.0 Å². The lowest BCUT2D eigenvalue weighted by Gasteiger charge is -2.30. The highest BCUT2D eigenvalue weighted by molar-refractivity contribution is 9.10. The van der Waals surface area contributed by atoms with Crippen LogP contribution >= 0.6 is 15.9 Å². The Morgan fingerprint density at radius 2 is 2.11 bits per heavy atom. The van der Waals surface area contributed by atoms with Crippen LogP contribution in [0.5, 0.6) is 0 Å². The highest BCUT2D eigenvalue weighted by Gasteiger charge is 2.31. The van der Waals surface area contributed by atoms with Gasteiger partial charge in [-0.25, -0.2) is 0 Å². The topological polar surface area (TPSA) is 20.3 Å². The number of benzene rings is 1. The maximum atomic E-state index is 12.6. The average molecular weight is 336 g/mol. The van der Waals surface area contributed by atoms with Crippen molar-refractivity contribution in [2.75, 3.05) is 6.54 Å². The van der Waals surface area contributed by atoms with E-state index in [9.17, 15) is 18.0 Å². The minimum absolute atomic E-state index is 0.0522. The number of rotatable bonds is 2. The van der Waals surface area contributed by atoms with Gasteiger partial charge in [-0.3, -0.25) is 4.79 Å². The molecule has 1 aliphatic rings. The van der Waals surface area contributed by atoms with Gasteiger partial charge in [0.05, 0.1) is 10.4 Å². The minimum atomic E-state index is -4.35. The van der Waals surface area contributed by atoms with Crippen molar-refractivity contribution in [3.05, 3.63) is 35.4 Å². The lowest BCUT2D eigenvalue weighted by atomic mass is 10.1. The van der Waals surface area contributed by atoms with Crippen LogP contribution < -0.4 is 0 Å². The van der Waals surface area contributed by atoms with E-state index in [0.29, 0.717) is 12.1 Å². The molecular formula is C13H13BrF3NO. The summed E-state index contributed by atoms with van der Waals surface area (Å²) in [6, 6.07) is 5.12. The quantitative estimate of drug-likeness (QED) is 0.756. The molecule has 1 aliphatic heterocycles. The zero-order chi connectivity index (χ0) is 14.0. The molecular weight excluding hydrogens is 323 g/mol. The predicted molar refractivity (Wildman–Crippen MR) is 68.8 cm³/mol. The van der Waals surface area contributed by atoms with Gasteiger partial charge in [0.15, 0.2) is 0 Å². The van der Waals surface area contributed by atoms with Crippen molar-refractivity contribution in [1.29, 1.82) is 0 Å². The van der Waals surface area contributed by atoms with Crippen molar-refractivity contribution < 1.29 is 18.0 Å². The smallest absolute Gasteiger partial charge is 0.337 e. The zero-order valence-corrected chi connectivity index (χ0v) is 11.7. The van der Waals surface area contributed by atoms with E-state index >= 15 is 0 Å². The first-order valence-corrected chi connectivity index (χ1v) is 6.88.